The number of aliphatic hydroxyl groups is 3. The van der Waals surface area contributed by atoms with Gasteiger partial charge >= 0.3 is 0 Å². The topological polar surface area (TPSA) is 110 Å². The van der Waals surface area contributed by atoms with E-state index in [-0.39, 0.29) is 18.9 Å². The summed E-state index contributed by atoms with van der Waals surface area (Å²) >= 11 is 1.66. The molecule has 1 aliphatic heterocycles. The molecule has 0 aromatic carbocycles. The summed E-state index contributed by atoms with van der Waals surface area (Å²) in [4.78, 5) is 0. The van der Waals surface area contributed by atoms with E-state index in [1.807, 2.05) is 6.26 Å². The van der Waals surface area contributed by atoms with Crippen LogP contribution in [-0.2, 0) is 10.0 Å². The van der Waals surface area contributed by atoms with Gasteiger partial charge in [0, 0.05) is 6.04 Å². The van der Waals surface area contributed by atoms with Gasteiger partial charge in [-0.05, 0) is 44.1 Å². The summed E-state index contributed by atoms with van der Waals surface area (Å²) in [5, 5.41) is 31.8. The van der Waals surface area contributed by atoms with E-state index >= 15 is 0 Å². The monoisotopic (exact) mass is 366 g/mol. The largest absolute Gasteiger partial charge is 0.379 e. The Morgan fingerprint density at radius 3 is 2.39 bits per heavy atom. The fourth-order valence-corrected chi connectivity index (χ4v) is 5.37. The van der Waals surface area contributed by atoms with Crippen molar-refractivity contribution in [1.29, 1.82) is 0 Å². The van der Waals surface area contributed by atoms with Crippen molar-refractivity contribution < 1.29 is 23.7 Å². The van der Waals surface area contributed by atoms with Gasteiger partial charge in [-0.2, -0.15) is 11.8 Å². The van der Waals surface area contributed by atoms with Crippen molar-refractivity contribution in [2.45, 2.75) is 62.1 Å². The minimum absolute atomic E-state index is 0.0632. The summed E-state index contributed by atoms with van der Waals surface area (Å²) in [6, 6.07) is -0.0632. The molecular formula is C14H26N2O5S2. The molecule has 0 spiro atoms. The highest BCUT2D eigenvalue weighted by Gasteiger charge is 2.43. The SMILES string of the molecule is CSCCC(O)NC1C=CC(S(=O)(=O)N2C(O)CCC2O)CC1. The molecule has 1 fully saturated rings. The van der Waals surface area contributed by atoms with Gasteiger partial charge < -0.3 is 15.3 Å². The maximum Gasteiger partial charge on any atom is 0.224 e. The van der Waals surface area contributed by atoms with Crippen molar-refractivity contribution in [3.8, 4) is 0 Å². The molecule has 0 aromatic rings. The second-order valence-electron chi connectivity index (χ2n) is 5.98. The zero-order valence-corrected chi connectivity index (χ0v) is 14.8. The summed E-state index contributed by atoms with van der Waals surface area (Å²) in [6.07, 6.45) is 4.54. The Morgan fingerprint density at radius 1 is 1.22 bits per heavy atom. The first kappa shape index (κ1) is 19.2. The Labute approximate surface area is 141 Å². The standard InChI is InChI=1S/C14H26N2O5S2/c1-22-9-8-12(17)15-10-2-4-11(5-3-10)23(20,21)16-13(18)6-7-14(16)19/h2,4,10-15,17-19H,3,5-9H2,1H3. The van der Waals surface area contributed by atoms with E-state index in [1.54, 1.807) is 23.9 Å². The quantitative estimate of drug-likeness (QED) is 0.365. The Balaban J connectivity index is 1.95. The lowest BCUT2D eigenvalue weighted by molar-refractivity contribution is 0.00933. The van der Waals surface area contributed by atoms with Crippen molar-refractivity contribution in [2.75, 3.05) is 12.0 Å². The molecule has 1 saturated heterocycles. The van der Waals surface area contributed by atoms with Crippen LogP contribution in [-0.4, -0.2) is 70.0 Å². The molecule has 0 aromatic heterocycles. The van der Waals surface area contributed by atoms with Crippen LogP contribution in [0.4, 0.5) is 0 Å². The van der Waals surface area contributed by atoms with Crippen molar-refractivity contribution in [2.24, 2.45) is 0 Å². The number of thioether (sulfide) groups is 1. The molecule has 0 radical (unpaired) electrons. The highest BCUT2D eigenvalue weighted by molar-refractivity contribution is 7.98. The third kappa shape index (κ3) is 4.68. The van der Waals surface area contributed by atoms with Gasteiger partial charge in [-0.1, -0.05) is 12.2 Å². The Bertz CT molecular complexity index is 503. The molecule has 5 unspecified atom stereocenters. The van der Waals surface area contributed by atoms with Gasteiger partial charge in [-0.25, -0.2) is 8.42 Å². The highest BCUT2D eigenvalue weighted by atomic mass is 32.2. The van der Waals surface area contributed by atoms with Crippen molar-refractivity contribution in [3.05, 3.63) is 12.2 Å². The van der Waals surface area contributed by atoms with Crippen molar-refractivity contribution in [3.63, 3.8) is 0 Å². The minimum Gasteiger partial charge on any atom is -0.379 e. The molecule has 0 saturated carbocycles. The van der Waals surface area contributed by atoms with E-state index in [0.29, 0.717) is 19.3 Å². The summed E-state index contributed by atoms with van der Waals surface area (Å²) in [6.45, 7) is 0. The molecule has 1 heterocycles. The molecule has 2 aliphatic rings. The molecule has 23 heavy (non-hydrogen) atoms. The summed E-state index contributed by atoms with van der Waals surface area (Å²) in [5.74, 6) is 0.854. The van der Waals surface area contributed by atoms with Gasteiger partial charge in [-0.15, -0.1) is 4.31 Å². The first-order chi connectivity index (χ1) is 10.9. The number of nitrogens with one attached hydrogen (secondary N) is 1. The van der Waals surface area contributed by atoms with Gasteiger partial charge in [0.2, 0.25) is 10.0 Å². The van der Waals surface area contributed by atoms with Gasteiger partial charge in [0.05, 0.1) is 5.25 Å². The number of hydrogen-bond acceptors (Lipinski definition) is 7. The molecular weight excluding hydrogens is 340 g/mol. The van der Waals surface area contributed by atoms with Gasteiger partial charge in [0.25, 0.3) is 0 Å². The minimum atomic E-state index is -3.77. The van der Waals surface area contributed by atoms with Crippen LogP contribution in [0.3, 0.4) is 0 Å². The average Bonchev–Trinajstić information content (AvgIpc) is 2.85. The zero-order chi connectivity index (χ0) is 17.0. The van der Waals surface area contributed by atoms with Gasteiger partial charge in [0.15, 0.2) is 0 Å². The normalized spacial score (nSPS) is 33.9. The lowest BCUT2D eigenvalue weighted by Gasteiger charge is -2.30. The zero-order valence-electron chi connectivity index (χ0n) is 13.2. The van der Waals surface area contributed by atoms with E-state index in [2.05, 4.69) is 5.32 Å². The van der Waals surface area contributed by atoms with Crippen LogP contribution < -0.4 is 5.32 Å². The predicted molar refractivity (Wildman–Crippen MR) is 90.1 cm³/mol. The molecule has 2 rings (SSSR count). The summed E-state index contributed by atoms with van der Waals surface area (Å²) in [5.41, 5.74) is 0. The van der Waals surface area contributed by atoms with Crippen LogP contribution in [0.25, 0.3) is 0 Å². The molecule has 1 aliphatic carbocycles. The molecule has 0 amide bonds. The maximum atomic E-state index is 12.6. The molecule has 0 bridgehead atoms. The van der Waals surface area contributed by atoms with Crippen LogP contribution in [0.5, 0.6) is 0 Å². The lowest BCUT2D eigenvalue weighted by Crippen LogP contribution is -2.47. The fourth-order valence-electron chi connectivity index (χ4n) is 2.99. The van der Waals surface area contributed by atoms with Crippen LogP contribution in [0.1, 0.15) is 32.1 Å². The molecule has 5 atom stereocenters. The third-order valence-corrected chi connectivity index (χ3v) is 7.15. The van der Waals surface area contributed by atoms with E-state index in [9.17, 15) is 23.7 Å². The van der Waals surface area contributed by atoms with E-state index in [4.69, 9.17) is 0 Å². The van der Waals surface area contributed by atoms with Crippen molar-refractivity contribution >= 4 is 21.8 Å². The second kappa shape index (κ2) is 8.28. The number of hydrogen-bond donors (Lipinski definition) is 4. The fraction of sp³-hybridized carbons (Fsp3) is 0.857. The molecule has 7 nitrogen and oxygen atoms in total. The first-order valence-electron chi connectivity index (χ1n) is 7.86. The van der Waals surface area contributed by atoms with Crippen LogP contribution in [0, 0.1) is 0 Å². The van der Waals surface area contributed by atoms with E-state index in [1.165, 1.54) is 0 Å². The number of nitrogens with zero attached hydrogens (tertiary/aromatic N) is 1. The summed E-state index contributed by atoms with van der Waals surface area (Å²) < 4.78 is 25.9. The number of aliphatic hydroxyl groups excluding tert-OH is 3. The summed E-state index contributed by atoms with van der Waals surface area (Å²) in [7, 11) is -3.77. The Morgan fingerprint density at radius 2 is 1.87 bits per heavy atom. The first-order valence-corrected chi connectivity index (χ1v) is 10.8. The van der Waals surface area contributed by atoms with Gasteiger partial charge in [-0.3, -0.25) is 5.32 Å². The molecule has 134 valence electrons. The van der Waals surface area contributed by atoms with E-state index in [0.717, 1.165) is 10.1 Å². The molecule has 4 N–H and O–H groups in total. The smallest absolute Gasteiger partial charge is 0.224 e. The van der Waals surface area contributed by atoms with Crippen LogP contribution >= 0.6 is 11.8 Å². The number of sulfonamides is 1. The molecule has 9 heteroatoms. The van der Waals surface area contributed by atoms with Gasteiger partial charge in [0.1, 0.15) is 18.7 Å². The van der Waals surface area contributed by atoms with Crippen LogP contribution in [0.2, 0.25) is 0 Å². The number of rotatable bonds is 7. The second-order valence-corrected chi connectivity index (χ2v) is 9.03. The van der Waals surface area contributed by atoms with Crippen LogP contribution in [0.15, 0.2) is 12.2 Å². The van der Waals surface area contributed by atoms with Crippen molar-refractivity contribution in [1.82, 2.24) is 9.62 Å². The predicted octanol–water partition coefficient (Wildman–Crippen LogP) is -0.203. The third-order valence-electron chi connectivity index (χ3n) is 4.27. The Kier molecular flexibility index (Phi) is 6.90. The van der Waals surface area contributed by atoms with E-state index < -0.39 is 34.0 Å². The Hall–Kier alpha value is -0.160. The lowest BCUT2D eigenvalue weighted by atomic mass is 10.0. The highest BCUT2D eigenvalue weighted by Crippen LogP contribution is 2.30. The maximum absolute atomic E-state index is 12.6. The average molecular weight is 367 g/mol.